The topological polar surface area (TPSA) is 77.2 Å². The van der Waals surface area contributed by atoms with E-state index in [9.17, 15) is 4.79 Å². The Kier molecular flexibility index (Phi) is 4.56. The second-order valence-electron chi connectivity index (χ2n) is 5.22. The first-order chi connectivity index (χ1) is 11.7. The van der Waals surface area contributed by atoms with E-state index in [1.165, 1.54) is 0 Å². The fraction of sp³-hybridized carbons (Fsp3) is 0.167. The third kappa shape index (κ3) is 3.27. The van der Waals surface area contributed by atoms with Gasteiger partial charge in [-0.3, -0.25) is 4.79 Å². The van der Waals surface area contributed by atoms with Crippen LogP contribution >= 0.6 is 0 Å². The number of carbonyl (C=O) groups is 1. The van der Waals surface area contributed by atoms with Crippen LogP contribution in [0.3, 0.4) is 0 Å². The molecule has 0 fully saturated rings. The molecule has 2 heterocycles. The van der Waals surface area contributed by atoms with Crippen LogP contribution in [0, 0.1) is 6.92 Å². The van der Waals surface area contributed by atoms with Gasteiger partial charge in [0.15, 0.2) is 0 Å². The molecule has 0 atom stereocenters. The highest BCUT2D eigenvalue weighted by Crippen LogP contribution is 2.25. The molecule has 2 aromatic heterocycles. The Morgan fingerprint density at radius 1 is 1.25 bits per heavy atom. The highest BCUT2D eigenvalue weighted by atomic mass is 16.5. The Hall–Kier alpha value is -3.15. The lowest BCUT2D eigenvalue weighted by Crippen LogP contribution is -2.23. The number of hydrogen-bond acceptors (Lipinski definition) is 5. The van der Waals surface area contributed by atoms with E-state index in [0.29, 0.717) is 29.4 Å². The number of aryl methyl sites for hydroxylation is 1. The summed E-state index contributed by atoms with van der Waals surface area (Å²) in [5.74, 6) is 0.759. The van der Waals surface area contributed by atoms with Gasteiger partial charge in [-0.2, -0.15) is 0 Å². The van der Waals surface area contributed by atoms with Crippen LogP contribution in [0.25, 0.3) is 11.3 Å². The van der Waals surface area contributed by atoms with Crippen molar-refractivity contribution in [3.05, 3.63) is 65.5 Å². The Labute approximate surface area is 139 Å². The number of nitrogens with one attached hydrogen (secondary N) is 1. The molecule has 1 N–H and O–H groups in total. The minimum Gasteiger partial charge on any atom is -0.481 e. The van der Waals surface area contributed by atoms with Gasteiger partial charge in [-0.25, -0.2) is 4.98 Å². The molecular formula is C18H17N3O3. The third-order valence-electron chi connectivity index (χ3n) is 3.60. The molecule has 1 amide bonds. The summed E-state index contributed by atoms with van der Waals surface area (Å²) in [6.45, 7) is 2.08. The van der Waals surface area contributed by atoms with Crippen molar-refractivity contribution >= 4 is 5.91 Å². The Morgan fingerprint density at radius 3 is 2.79 bits per heavy atom. The minimum atomic E-state index is -0.233. The van der Waals surface area contributed by atoms with E-state index in [2.05, 4.69) is 15.5 Å². The smallest absolute Gasteiger partial charge is 0.257 e. The van der Waals surface area contributed by atoms with Gasteiger partial charge in [-0.05, 0) is 18.6 Å². The van der Waals surface area contributed by atoms with Crippen LogP contribution < -0.4 is 10.1 Å². The number of aromatic nitrogens is 2. The third-order valence-corrected chi connectivity index (χ3v) is 3.60. The molecule has 1 aromatic carbocycles. The zero-order valence-corrected chi connectivity index (χ0v) is 13.4. The molecule has 6 heteroatoms. The lowest BCUT2D eigenvalue weighted by molar-refractivity contribution is 0.0950. The van der Waals surface area contributed by atoms with Crippen LogP contribution in [0.5, 0.6) is 5.88 Å². The number of benzene rings is 1. The summed E-state index contributed by atoms with van der Waals surface area (Å²) in [4.78, 5) is 16.6. The first-order valence-corrected chi connectivity index (χ1v) is 7.48. The van der Waals surface area contributed by atoms with Crippen molar-refractivity contribution in [2.75, 3.05) is 7.11 Å². The number of amides is 1. The van der Waals surface area contributed by atoms with Crippen molar-refractivity contribution in [2.24, 2.45) is 0 Å². The molecule has 122 valence electrons. The highest BCUT2D eigenvalue weighted by Gasteiger charge is 2.21. The molecule has 0 bridgehead atoms. The van der Waals surface area contributed by atoms with Crippen LogP contribution in [0.15, 0.2) is 53.2 Å². The lowest BCUT2D eigenvalue weighted by atomic mass is 10.1. The molecule has 0 saturated heterocycles. The first kappa shape index (κ1) is 15.7. The number of carbonyl (C=O) groups excluding carboxylic acids is 1. The summed E-state index contributed by atoms with van der Waals surface area (Å²) < 4.78 is 10.3. The van der Waals surface area contributed by atoms with Gasteiger partial charge >= 0.3 is 0 Å². The quantitative estimate of drug-likeness (QED) is 0.781. The lowest BCUT2D eigenvalue weighted by Gasteiger charge is -2.07. The van der Waals surface area contributed by atoms with E-state index < -0.39 is 0 Å². The average molecular weight is 323 g/mol. The fourth-order valence-electron chi connectivity index (χ4n) is 2.38. The monoisotopic (exact) mass is 323 g/mol. The van der Waals surface area contributed by atoms with Crippen molar-refractivity contribution in [3.8, 4) is 17.1 Å². The Bertz CT molecular complexity index is 844. The maximum absolute atomic E-state index is 12.6. The maximum atomic E-state index is 12.6. The van der Waals surface area contributed by atoms with Gasteiger partial charge in [0.05, 0.1) is 7.11 Å². The summed E-state index contributed by atoms with van der Waals surface area (Å²) >= 11 is 0. The average Bonchev–Trinajstić information content (AvgIpc) is 3.02. The second-order valence-corrected chi connectivity index (χ2v) is 5.22. The SMILES string of the molecule is COc1cc(CNC(=O)c2c(-c3ccccc3)noc2C)ccn1. The normalized spacial score (nSPS) is 10.4. The molecule has 0 unspecified atom stereocenters. The molecule has 6 nitrogen and oxygen atoms in total. The standard InChI is InChI=1S/C18H17N3O3/c1-12-16(17(21-24-12)14-6-4-3-5-7-14)18(22)20-11-13-8-9-19-15(10-13)23-2/h3-10H,11H2,1-2H3,(H,20,22). The Morgan fingerprint density at radius 2 is 2.04 bits per heavy atom. The molecule has 3 rings (SSSR count). The highest BCUT2D eigenvalue weighted by molar-refractivity contribution is 6.00. The minimum absolute atomic E-state index is 0.233. The van der Waals surface area contributed by atoms with Gasteiger partial charge in [0.25, 0.3) is 5.91 Å². The van der Waals surface area contributed by atoms with E-state index in [1.807, 2.05) is 36.4 Å². The predicted molar refractivity (Wildman–Crippen MR) is 88.6 cm³/mol. The van der Waals surface area contributed by atoms with Crippen molar-refractivity contribution < 1.29 is 14.1 Å². The van der Waals surface area contributed by atoms with Gasteiger partial charge < -0.3 is 14.6 Å². The van der Waals surface area contributed by atoms with Crippen molar-refractivity contribution in [2.45, 2.75) is 13.5 Å². The van der Waals surface area contributed by atoms with Crippen LogP contribution in [0.2, 0.25) is 0 Å². The van der Waals surface area contributed by atoms with Crippen LogP contribution in [0.4, 0.5) is 0 Å². The summed E-state index contributed by atoms with van der Waals surface area (Å²) in [7, 11) is 1.55. The van der Waals surface area contributed by atoms with E-state index in [-0.39, 0.29) is 5.91 Å². The second kappa shape index (κ2) is 6.95. The van der Waals surface area contributed by atoms with E-state index in [4.69, 9.17) is 9.26 Å². The molecule has 0 aliphatic rings. The molecule has 0 spiro atoms. The molecule has 0 radical (unpaired) electrons. The number of ether oxygens (including phenoxy) is 1. The number of hydrogen-bond donors (Lipinski definition) is 1. The van der Waals surface area contributed by atoms with Crippen LogP contribution in [-0.4, -0.2) is 23.2 Å². The first-order valence-electron chi connectivity index (χ1n) is 7.48. The summed E-state index contributed by atoms with van der Waals surface area (Å²) in [5, 5.41) is 6.90. The predicted octanol–water partition coefficient (Wildman–Crippen LogP) is 2.98. The number of methoxy groups -OCH3 is 1. The molecule has 0 saturated carbocycles. The van der Waals surface area contributed by atoms with Gasteiger partial charge in [-0.1, -0.05) is 35.5 Å². The van der Waals surface area contributed by atoms with E-state index >= 15 is 0 Å². The van der Waals surface area contributed by atoms with Crippen molar-refractivity contribution in [1.82, 2.24) is 15.5 Å². The number of pyridine rings is 1. The summed E-state index contributed by atoms with van der Waals surface area (Å²) in [5.41, 5.74) is 2.72. The molecule has 0 aliphatic heterocycles. The summed E-state index contributed by atoms with van der Waals surface area (Å²) in [6, 6.07) is 13.1. The van der Waals surface area contributed by atoms with Crippen molar-refractivity contribution in [1.29, 1.82) is 0 Å². The number of nitrogens with zero attached hydrogens (tertiary/aromatic N) is 2. The molecule has 0 aliphatic carbocycles. The van der Waals surface area contributed by atoms with E-state index in [1.54, 1.807) is 26.3 Å². The van der Waals surface area contributed by atoms with E-state index in [0.717, 1.165) is 11.1 Å². The zero-order valence-electron chi connectivity index (χ0n) is 13.4. The van der Waals surface area contributed by atoms with Gasteiger partial charge in [0.1, 0.15) is 17.0 Å². The maximum Gasteiger partial charge on any atom is 0.257 e. The van der Waals surface area contributed by atoms with Crippen LogP contribution in [0.1, 0.15) is 21.7 Å². The largest absolute Gasteiger partial charge is 0.481 e. The van der Waals surface area contributed by atoms with Gasteiger partial charge in [0.2, 0.25) is 5.88 Å². The van der Waals surface area contributed by atoms with Crippen molar-refractivity contribution in [3.63, 3.8) is 0 Å². The van der Waals surface area contributed by atoms with Crippen LogP contribution in [-0.2, 0) is 6.54 Å². The number of rotatable bonds is 5. The zero-order chi connectivity index (χ0) is 16.9. The van der Waals surface area contributed by atoms with Gasteiger partial charge in [-0.15, -0.1) is 0 Å². The Balaban J connectivity index is 1.79. The summed E-state index contributed by atoms with van der Waals surface area (Å²) in [6.07, 6.45) is 1.64. The molecule has 3 aromatic rings. The van der Waals surface area contributed by atoms with Gasteiger partial charge in [0, 0.05) is 24.4 Å². The fourth-order valence-corrected chi connectivity index (χ4v) is 2.38. The molecular weight excluding hydrogens is 306 g/mol. The molecule has 24 heavy (non-hydrogen) atoms.